The number of rotatable bonds is 44. The van der Waals surface area contributed by atoms with Gasteiger partial charge in [0.2, 0.25) is 0 Å². The van der Waals surface area contributed by atoms with Gasteiger partial charge in [0, 0.05) is 20.3 Å². The number of carbonyl (C=O) groups is 1. The molecule has 1 atom stereocenters. The Morgan fingerprint density at radius 3 is 1.18 bits per heavy atom. The number of hydrogen-bond acceptors (Lipinski definition) is 5. The molecule has 0 aliphatic carbocycles. The number of methoxy groups -OCH3 is 1. The first kappa shape index (κ1) is 50.1. The number of nitrogens with one attached hydrogen (secondary N) is 1. The molecule has 1 unspecified atom stereocenters. The predicted molar refractivity (Wildman–Crippen MR) is 220 cm³/mol. The average molecular weight is 726 g/mol. The highest BCUT2D eigenvalue weighted by Gasteiger charge is 2.12. The van der Waals surface area contributed by atoms with E-state index in [9.17, 15) is 4.79 Å². The number of alkyl carbamates (subject to hydrolysis) is 1. The molecule has 0 saturated heterocycles. The lowest BCUT2D eigenvalue weighted by molar-refractivity contribution is 0.0329. The zero-order valence-electron chi connectivity index (χ0n) is 34.9. The molecular formula is C45H91NO5. The van der Waals surface area contributed by atoms with Crippen LogP contribution in [-0.4, -0.2) is 58.9 Å². The van der Waals surface area contributed by atoms with Gasteiger partial charge in [-0.05, 0) is 12.8 Å². The van der Waals surface area contributed by atoms with Crippen molar-refractivity contribution in [3.63, 3.8) is 0 Å². The van der Waals surface area contributed by atoms with Gasteiger partial charge in [-0.25, -0.2) is 4.79 Å². The maximum Gasteiger partial charge on any atom is 0.407 e. The Hall–Kier alpha value is -0.850. The molecule has 0 aliphatic heterocycles. The van der Waals surface area contributed by atoms with Crippen LogP contribution in [0.15, 0.2) is 0 Å². The summed E-state index contributed by atoms with van der Waals surface area (Å²) in [5.74, 6) is 0. The molecule has 0 fully saturated rings. The molecule has 1 amide bonds. The summed E-state index contributed by atoms with van der Waals surface area (Å²) < 4.78 is 21.9. The summed E-state index contributed by atoms with van der Waals surface area (Å²) in [7, 11) is 1.65. The van der Waals surface area contributed by atoms with Gasteiger partial charge in [-0.2, -0.15) is 0 Å². The van der Waals surface area contributed by atoms with E-state index in [0.717, 1.165) is 25.9 Å². The zero-order valence-corrected chi connectivity index (χ0v) is 34.9. The second kappa shape index (κ2) is 45.3. The molecule has 51 heavy (non-hydrogen) atoms. The van der Waals surface area contributed by atoms with Crippen LogP contribution in [0.25, 0.3) is 0 Å². The summed E-state index contributed by atoms with van der Waals surface area (Å²) in [6.45, 7) is 7.57. The summed E-state index contributed by atoms with van der Waals surface area (Å²) in [6, 6.07) is 0. The standard InChI is InChI=1S/C45H91NO5/c1-4-6-8-10-12-14-16-18-20-22-23-25-27-29-31-33-35-37-44(43-46-45(47)51-42-41-49-40-39-48-3)50-38-36-34-32-30-28-26-24-21-19-17-15-13-11-9-7-5-2/h44H,4-43H2,1-3H3,(H,46,47). The molecule has 6 nitrogen and oxygen atoms in total. The Morgan fingerprint density at radius 2 is 0.784 bits per heavy atom. The smallest absolute Gasteiger partial charge is 0.407 e. The maximum absolute atomic E-state index is 12.2. The average Bonchev–Trinajstić information content (AvgIpc) is 3.14. The van der Waals surface area contributed by atoms with E-state index in [1.165, 1.54) is 199 Å². The summed E-state index contributed by atoms with van der Waals surface area (Å²) >= 11 is 0. The zero-order chi connectivity index (χ0) is 37.0. The topological polar surface area (TPSA) is 66.0 Å². The van der Waals surface area contributed by atoms with Crippen molar-refractivity contribution in [2.45, 2.75) is 238 Å². The monoisotopic (exact) mass is 726 g/mol. The number of amides is 1. The van der Waals surface area contributed by atoms with Crippen LogP contribution in [-0.2, 0) is 18.9 Å². The molecule has 0 aromatic rings. The molecule has 1 N–H and O–H groups in total. The van der Waals surface area contributed by atoms with E-state index >= 15 is 0 Å². The van der Waals surface area contributed by atoms with Crippen LogP contribution in [0.2, 0.25) is 0 Å². The fraction of sp³-hybridized carbons (Fsp3) is 0.978. The second-order valence-corrected chi connectivity index (χ2v) is 15.4. The Bertz CT molecular complexity index is 610. The first-order valence-corrected chi connectivity index (χ1v) is 22.8. The molecule has 6 heteroatoms. The molecule has 0 heterocycles. The minimum absolute atomic E-state index is 0.0585. The highest BCUT2D eigenvalue weighted by Crippen LogP contribution is 2.17. The van der Waals surface area contributed by atoms with Crippen LogP contribution in [0.1, 0.15) is 232 Å². The van der Waals surface area contributed by atoms with Gasteiger partial charge in [0.05, 0.1) is 25.9 Å². The number of ether oxygens (including phenoxy) is 4. The van der Waals surface area contributed by atoms with Crippen molar-refractivity contribution >= 4 is 6.09 Å². The Labute approximate surface area is 319 Å². The van der Waals surface area contributed by atoms with Crippen molar-refractivity contribution in [1.29, 1.82) is 0 Å². The van der Waals surface area contributed by atoms with Crippen molar-refractivity contribution in [2.24, 2.45) is 0 Å². The minimum Gasteiger partial charge on any atom is -0.447 e. The van der Waals surface area contributed by atoms with Gasteiger partial charge in [0.25, 0.3) is 0 Å². The summed E-state index contributed by atoms with van der Waals surface area (Å²) in [5.41, 5.74) is 0. The van der Waals surface area contributed by atoms with Crippen LogP contribution in [0.5, 0.6) is 0 Å². The van der Waals surface area contributed by atoms with E-state index in [4.69, 9.17) is 18.9 Å². The van der Waals surface area contributed by atoms with Crippen molar-refractivity contribution in [3.05, 3.63) is 0 Å². The molecule has 0 radical (unpaired) electrons. The molecule has 0 aromatic carbocycles. The van der Waals surface area contributed by atoms with E-state index in [-0.39, 0.29) is 18.8 Å². The number of carbonyl (C=O) groups excluding carboxylic acids is 1. The van der Waals surface area contributed by atoms with Crippen molar-refractivity contribution in [3.8, 4) is 0 Å². The lowest BCUT2D eigenvalue weighted by Gasteiger charge is -2.19. The van der Waals surface area contributed by atoms with E-state index in [2.05, 4.69) is 19.2 Å². The summed E-state index contributed by atoms with van der Waals surface area (Å²) in [5, 5.41) is 2.93. The molecular weight excluding hydrogens is 634 g/mol. The summed E-state index contributed by atoms with van der Waals surface area (Å²) in [6.07, 6.45) is 46.2. The fourth-order valence-electron chi connectivity index (χ4n) is 6.93. The van der Waals surface area contributed by atoms with Crippen molar-refractivity contribution in [2.75, 3.05) is 46.7 Å². The molecule has 0 saturated carbocycles. The normalized spacial score (nSPS) is 12.1. The van der Waals surface area contributed by atoms with E-state index in [0.29, 0.717) is 26.4 Å². The first-order chi connectivity index (χ1) is 25.2. The highest BCUT2D eigenvalue weighted by molar-refractivity contribution is 5.67. The first-order valence-electron chi connectivity index (χ1n) is 22.8. The van der Waals surface area contributed by atoms with Crippen molar-refractivity contribution in [1.82, 2.24) is 5.32 Å². The minimum atomic E-state index is -0.385. The molecule has 0 aromatic heterocycles. The fourth-order valence-corrected chi connectivity index (χ4v) is 6.93. The lowest BCUT2D eigenvalue weighted by Crippen LogP contribution is -2.35. The van der Waals surface area contributed by atoms with Gasteiger partial charge in [0.1, 0.15) is 6.61 Å². The third kappa shape index (κ3) is 43.4. The van der Waals surface area contributed by atoms with Gasteiger partial charge in [-0.3, -0.25) is 0 Å². The van der Waals surface area contributed by atoms with Gasteiger partial charge >= 0.3 is 6.09 Å². The quantitative estimate of drug-likeness (QED) is 0.0634. The highest BCUT2D eigenvalue weighted by atomic mass is 16.6. The van der Waals surface area contributed by atoms with E-state index < -0.39 is 0 Å². The molecule has 306 valence electrons. The SMILES string of the molecule is CCCCCCCCCCCCCCCCCCCC(CNC(=O)OCCOCCOC)OCCCCCCCCCCCCCCCCCC. The third-order valence-electron chi connectivity index (χ3n) is 10.3. The molecule has 0 bridgehead atoms. The van der Waals surface area contributed by atoms with E-state index in [1.54, 1.807) is 7.11 Å². The Morgan fingerprint density at radius 1 is 0.431 bits per heavy atom. The number of unbranched alkanes of at least 4 members (excludes halogenated alkanes) is 31. The lowest BCUT2D eigenvalue weighted by atomic mass is 10.0. The Kier molecular flexibility index (Phi) is 44.6. The van der Waals surface area contributed by atoms with Crippen LogP contribution < -0.4 is 5.32 Å². The van der Waals surface area contributed by atoms with Crippen molar-refractivity contribution < 1.29 is 23.7 Å². The maximum atomic E-state index is 12.2. The molecule has 0 rings (SSSR count). The molecule has 0 aliphatic rings. The van der Waals surface area contributed by atoms with Gasteiger partial charge in [0.15, 0.2) is 0 Å². The van der Waals surface area contributed by atoms with Crippen LogP contribution in [0.4, 0.5) is 4.79 Å². The van der Waals surface area contributed by atoms with E-state index in [1.807, 2.05) is 0 Å². The largest absolute Gasteiger partial charge is 0.447 e. The van der Waals surface area contributed by atoms with Crippen LogP contribution >= 0.6 is 0 Å². The predicted octanol–water partition coefficient (Wildman–Crippen LogP) is 14.1. The van der Waals surface area contributed by atoms with Gasteiger partial charge < -0.3 is 24.3 Å². The van der Waals surface area contributed by atoms with Crippen LogP contribution in [0, 0.1) is 0 Å². The third-order valence-corrected chi connectivity index (χ3v) is 10.3. The van der Waals surface area contributed by atoms with Crippen LogP contribution in [0.3, 0.4) is 0 Å². The number of hydrogen-bond donors (Lipinski definition) is 1. The van der Waals surface area contributed by atoms with Gasteiger partial charge in [-0.15, -0.1) is 0 Å². The molecule has 0 spiro atoms. The summed E-state index contributed by atoms with van der Waals surface area (Å²) in [4.78, 5) is 12.2. The second-order valence-electron chi connectivity index (χ2n) is 15.4. The van der Waals surface area contributed by atoms with Gasteiger partial charge in [-0.1, -0.05) is 219 Å². The Balaban J connectivity index is 3.94.